The molecule has 0 bridgehead atoms. The van der Waals surface area contributed by atoms with Crippen molar-refractivity contribution < 1.29 is 24.1 Å². The maximum Gasteiger partial charge on any atom is 0.302 e. The van der Waals surface area contributed by atoms with Gasteiger partial charge in [-0.2, -0.15) is 4.98 Å². The summed E-state index contributed by atoms with van der Waals surface area (Å²) >= 11 is 0. The first-order valence-corrected chi connectivity index (χ1v) is 8.54. The molecule has 0 aliphatic carbocycles. The highest BCUT2D eigenvalue weighted by Crippen LogP contribution is 2.42. The van der Waals surface area contributed by atoms with Gasteiger partial charge in [-0.05, 0) is 6.92 Å². The fourth-order valence-electron chi connectivity index (χ4n) is 3.66. The summed E-state index contributed by atoms with van der Waals surface area (Å²) in [6.07, 6.45) is -2.19. The van der Waals surface area contributed by atoms with Crippen LogP contribution in [-0.2, 0) is 14.2 Å². The van der Waals surface area contributed by atoms with E-state index in [-0.39, 0.29) is 18.2 Å². The van der Waals surface area contributed by atoms with E-state index in [2.05, 4.69) is 4.98 Å². The molecule has 4 heterocycles. The van der Waals surface area contributed by atoms with Crippen molar-refractivity contribution in [2.45, 2.75) is 43.9 Å². The second-order valence-electron chi connectivity index (χ2n) is 6.73. The van der Waals surface area contributed by atoms with E-state index in [4.69, 9.17) is 18.9 Å². The molecule has 0 amide bonds. The number of rotatable bonds is 1. The maximum atomic E-state index is 11.8. The lowest BCUT2D eigenvalue weighted by molar-refractivity contribution is -0.329. The number of fused-ring (bicyclic) bond motifs is 4. The van der Waals surface area contributed by atoms with E-state index in [1.807, 2.05) is 30.3 Å². The number of hydrogen-bond acceptors (Lipinski definition) is 7. The number of aliphatic hydroxyl groups is 1. The van der Waals surface area contributed by atoms with Crippen LogP contribution >= 0.6 is 0 Å². The van der Waals surface area contributed by atoms with E-state index >= 15 is 0 Å². The van der Waals surface area contributed by atoms with E-state index in [9.17, 15) is 9.90 Å². The Kier molecular flexibility index (Phi) is 3.61. The molecule has 1 aromatic carbocycles. The number of ether oxygens (including phenoxy) is 4. The van der Waals surface area contributed by atoms with Crippen LogP contribution in [0.5, 0.6) is 6.01 Å². The molecule has 8 nitrogen and oxygen atoms in total. The minimum Gasteiger partial charge on any atom is -0.453 e. The van der Waals surface area contributed by atoms with E-state index in [1.54, 1.807) is 17.7 Å². The molecule has 136 valence electrons. The van der Waals surface area contributed by atoms with Crippen molar-refractivity contribution in [3.8, 4) is 6.01 Å². The SMILES string of the molecule is Cc1cn2c(nc1=O)O[C@H]1[C@H](O)[C@@H]3OC(c4ccccc4)OC[C@H]3O[C@H]12. The second kappa shape index (κ2) is 5.88. The summed E-state index contributed by atoms with van der Waals surface area (Å²) in [6, 6.07) is 9.68. The van der Waals surface area contributed by atoms with Gasteiger partial charge >= 0.3 is 6.01 Å². The highest BCUT2D eigenvalue weighted by molar-refractivity contribution is 5.18. The average Bonchev–Trinajstić information content (AvgIpc) is 3.01. The number of aliphatic hydroxyl groups excluding tert-OH is 1. The Labute approximate surface area is 148 Å². The Hall–Kier alpha value is -2.26. The summed E-state index contributed by atoms with van der Waals surface area (Å²) in [6.45, 7) is 1.96. The zero-order chi connectivity index (χ0) is 17.8. The van der Waals surface area contributed by atoms with Gasteiger partial charge < -0.3 is 24.1 Å². The smallest absolute Gasteiger partial charge is 0.302 e. The van der Waals surface area contributed by atoms with Crippen LogP contribution in [-0.4, -0.2) is 45.7 Å². The molecule has 6 atom stereocenters. The predicted molar refractivity (Wildman–Crippen MR) is 87.6 cm³/mol. The molecular weight excluding hydrogens is 340 g/mol. The quantitative estimate of drug-likeness (QED) is 0.802. The fraction of sp³-hybridized carbons (Fsp3) is 0.444. The third-order valence-electron chi connectivity index (χ3n) is 5.00. The molecule has 0 radical (unpaired) electrons. The molecule has 8 heteroatoms. The van der Waals surface area contributed by atoms with Gasteiger partial charge in [0.05, 0.1) is 6.61 Å². The number of nitrogens with zero attached hydrogens (tertiary/aromatic N) is 2. The molecule has 2 fully saturated rings. The predicted octanol–water partition coefficient (Wildman–Crippen LogP) is 0.685. The summed E-state index contributed by atoms with van der Waals surface area (Å²) in [7, 11) is 0. The van der Waals surface area contributed by atoms with Crippen LogP contribution < -0.4 is 10.3 Å². The number of aryl methyl sites for hydroxylation is 1. The summed E-state index contributed by atoms with van der Waals surface area (Å²) in [5.41, 5.74) is 1.00. The molecule has 1 aromatic heterocycles. The zero-order valence-electron chi connectivity index (χ0n) is 14.0. The summed E-state index contributed by atoms with van der Waals surface area (Å²) < 4.78 is 25.2. The van der Waals surface area contributed by atoms with Crippen LogP contribution in [0, 0.1) is 6.92 Å². The van der Waals surface area contributed by atoms with E-state index < -0.39 is 36.9 Å². The van der Waals surface area contributed by atoms with Crippen LogP contribution in [0.1, 0.15) is 23.6 Å². The number of benzene rings is 1. The molecule has 26 heavy (non-hydrogen) atoms. The molecule has 0 saturated carbocycles. The largest absolute Gasteiger partial charge is 0.453 e. The summed E-state index contributed by atoms with van der Waals surface area (Å²) in [5.74, 6) is 0. The van der Waals surface area contributed by atoms with E-state index in [0.29, 0.717) is 5.56 Å². The van der Waals surface area contributed by atoms with Gasteiger partial charge in [-0.1, -0.05) is 30.3 Å². The van der Waals surface area contributed by atoms with Crippen molar-refractivity contribution >= 4 is 0 Å². The van der Waals surface area contributed by atoms with Crippen molar-refractivity contribution in [3.63, 3.8) is 0 Å². The van der Waals surface area contributed by atoms with E-state index in [0.717, 1.165) is 5.56 Å². The third-order valence-corrected chi connectivity index (χ3v) is 5.00. The molecule has 3 aliphatic heterocycles. The first-order valence-electron chi connectivity index (χ1n) is 8.54. The molecule has 3 aliphatic rings. The molecule has 1 unspecified atom stereocenters. The molecule has 5 rings (SSSR count). The van der Waals surface area contributed by atoms with Crippen LogP contribution in [0.15, 0.2) is 41.3 Å². The van der Waals surface area contributed by atoms with Gasteiger partial charge in [0.2, 0.25) is 0 Å². The van der Waals surface area contributed by atoms with Crippen LogP contribution in [0.4, 0.5) is 0 Å². The Bertz CT molecular complexity index is 885. The molecule has 1 N–H and O–H groups in total. The lowest BCUT2D eigenvalue weighted by Gasteiger charge is -2.45. The molecule has 0 spiro atoms. The van der Waals surface area contributed by atoms with Gasteiger partial charge in [0.15, 0.2) is 18.6 Å². The topological polar surface area (TPSA) is 92.0 Å². The average molecular weight is 358 g/mol. The van der Waals surface area contributed by atoms with Crippen LogP contribution in [0.25, 0.3) is 0 Å². The first kappa shape index (κ1) is 16.0. The second-order valence-corrected chi connectivity index (χ2v) is 6.73. The van der Waals surface area contributed by atoms with Crippen molar-refractivity contribution in [2.24, 2.45) is 0 Å². The Morgan fingerprint density at radius 3 is 2.81 bits per heavy atom. The highest BCUT2D eigenvalue weighted by atomic mass is 16.7. The third kappa shape index (κ3) is 2.38. The van der Waals surface area contributed by atoms with Gasteiger partial charge in [-0.3, -0.25) is 9.36 Å². The lowest BCUT2D eigenvalue weighted by atomic mass is 9.97. The van der Waals surface area contributed by atoms with Crippen molar-refractivity contribution in [2.75, 3.05) is 6.61 Å². The Morgan fingerprint density at radius 1 is 1.19 bits per heavy atom. The molecule has 2 aromatic rings. The van der Waals surface area contributed by atoms with Gasteiger partial charge in [0.1, 0.15) is 18.3 Å². The lowest BCUT2D eigenvalue weighted by Crippen LogP contribution is -2.59. The zero-order valence-corrected chi connectivity index (χ0v) is 14.0. The minimum absolute atomic E-state index is 0.147. The normalized spacial score (nSPS) is 35.2. The number of aromatic nitrogens is 2. The highest BCUT2D eigenvalue weighted by Gasteiger charge is 2.54. The maximum absolute atomic E-state index is 11.8. The number of hydrogen-bond donors (Lipinski definition) is 1. The summed E-state index contributed by atoms with van der Waals surface area (Å²) in [5, 5.41) is 10.8. The van der Waals surface area contributed by atoms with Crippen LogP contribution in [0.2, 0.25) is 0 Å². The van der Waals surface area contributed by atoms with Crippen molar-refractivity contribution in [3.05, 3.63) is 58.0 Å². The van der Waals surface area contributed by atoms with Gasteiger partial charge in [0, 0.05) is 17.3 Å². The van der Waals surface area contributed by atoms with Gasteiger partial charge in [0.25, 0.3) is 5.56 Å². The molecule has 2 saturated heterocycles. The van der Waals surface area contributed by atoms with Gasteiger partial charge in [-0.15, -0.1) is 0 Å². The van der Waals surface area contributed by atoms with E-state index in [1.165, 1.54) is 0 Å². The monoisotopic (exact) mass is 358 g/mol. The Morgan fingerprint density at radius 2 is 2.00 bits per heavy atom. The minimum atomic E-state index is -0.939. The molecular formula is C18H18N2O6. The first-order chi connectivity index (χ1) is 12.6. The Balaban J connectivity index is 1.42. The van der Waals surface area contributed by atoms with Crippen molar-refractivity contribution in [1.82, 2.24) is 9.55 Å². The summed E-state index contributed by atoms with van der Waals surface area (Å²) in [4.78, 5) is 15.7. The van der Waals surface area contributed by atoms with Gasteiger partial charge in [-0.25, -0.2) is 0 Å². The van der Waals surface area contributed by atoms with Crippen LogP contribution in [0.3, 0.4) is 0 Å². The standard InChI is InChI=1S/C18H18N2O6/c1-9-7-20-16-14(26-18(20)19-15(9)22)12(21)13-11(24-16)8-23-17(25-13)10-5-3-2-4-6-10/h2-7,11-14,16-17,21H,8H2,1H3/t11-,12-,13-,14+,16-,17?/m1/s1. The van der Waals surface area contributed by atoms with Crippen molar-refractivity contribution in [1.29, 1.82) is 0 Å². The fourth-order valence-corrected chi connectivity index (χ4v) is 3.66.